The Balaban J connectivity index is 1.78. The summed E-state index contributed by atoms with van der Waals surface area (Å²) in [5, 5.41) is 0.721. The zero-order chi connectivity index (χ0) is 16.4. The fourth-order valence-corrected chi connectivity index (χ4v) is 3.01. The monoisotopic (exact) mass is 314 g/mol. The maximum atomic E-state index is 12.6. The summed E-state index contributed by atoms with van der Waals surface area (Å²) in [7, 11) is 0. The van der Waals surface area contributed by atoms with Crippen LogP contribution in [0.25, 0.3) is 11.0 Å². The Hall–Kier alpha value is -2.63. The summed E-state index contributed by atoms with van der Waals surface area (Å²) in [5.74, 6) is -0.420. The number of hydrogen-bond acceptors (Lipinski definition) is 4. The number of carbonyl (C=O) groups excluding carboxylic acids is 2. The smallest absolute Gasteiger partial charge is 0.349 e. The van der Waals surface area contributed by atoms with Crippen LogP contribution in [0.4, 0.5) is 0 Å². The molecule has 2 heterocycles. The molecule has 0 radical (unpaired) electrons. The van der Waals surface area contributed by atoms with Gasteiger partial charge in [-0.2, -0.15) is 0 Å². The van der Waals surface area contributed by atoms with Gasteiger partial charge in [0.1, 0.15) is 11.1 Å². The highest BCUT2D eigenvalue weighted by Crippen LogP contribution is 2.22. The van der Waals surface area contributed by atoms with Crippen LogP contribution in [0, 0.1) is 5.92 Å². The van der Waals surface area contributed by atoms with E-state index < -0.39 is 5.63 Å². The lowest BCUT2D eigenvalue weighted by Crippen LogP contribution is -2.40. The first-order valence-electron chi connectivity index (χ1n) is 7.65. The number of fused-ring (bicyclic) bond motifs is 1. The number of nitrogens with two attached hydrogens (primary N) is 1. The van der Waals surface area contributed by atoms with Crippen molar-refractivity contribution in [2.45, 2.75) is 19.3 Å². The van der Waals surface area contributed by atoms with Crippen LogP contribution in [0.3, 0.4) is 0 Å². The SMILES string of the molecule is NC(=O)CC1CCN(C(=O)c2cc3ccccc3oc2=O)CC1. The standard InChI is InChI=1S/C17H18N2O4/c18-15(20)9-11-5-7-19(8-6-11)16(21)13-10-12-3-1-2-4-14(12)23-17(13)22/h1-4,10-11H,5-9H2,(H2,18,20). The molecular formula is C17H18N2O4. The molecule has 1 aromatic heterocycles. The molecule has 0 bridgehead atoms. The molecule has 1 aliphatic heterocycles. The average molecular weight is 314 g/mol. The second-order valence-corrected chi connectivity index (χ2v) is 5.89. The Bertz CT molecular complexity index is 804. The number of likely N-dealkylation sites (tertiary alicyclic amines) is 1. The normalized spacial score (nSPS) is 15.7. The van der Waals surface area contributed by atoms with Crippen molar-refractivity contribution in [1.29, 1.82) is 0 Å². The van der Waals surface area contributed by atoms with Crippen LogP contribution in [0.1, 0.15) is 29.6 Å². The number of piperidine rings is 1. The van der Waals surface area contributed by atoms with E-state index in [1.54, 1.807) is 29.2 Å². The first kappa shape index (κ1) is 15.3. The molecule has 1 aromatic carbocycles. The summed E-state index contributed by atoms with van der Waals surface area (Å²) in [6.07, 6.45) is 1.78. The molecule has 0 aliphatic carbocycles. The molecule has 1 saturated heterocycles. The van der Waals surface area contributed by atoms with Crippen LogP contribution < -0.4 is 11.4 Å². The Morgan fingerprint density at radius 3 is 2.61 bits per heavy atom. The highest BCUT2D eigenvalue weighted by molar-refractivity contribution is 5.96. The van der Waals surface area contributed by atoms with Gasteiger partial charge in [0.05, 0.1) is 0 Å². The van der Waals surface area contributed by atoms with E-state index in [1.807, 2.05) is 6.07 Å². The predicted octanol–water partition coefficient (Wildman–Crippen LogP) is 1.52. The quantitative estimate of drug-likeness (QED) is 0.869. The van der Waals surface area contributed by atoms with E-state index in [9.17, 15) is 14.4 Å². The van der Waals surface area contributed by atoms with Crippen LogP contribution in [0.5, 0.6) is 0 Å². The molecule has 0 spiro atoms. The van der Waals surface area contributed by atoms with E-state index in [0.29, 0.717) is 37.9 Å². The van der Waals surface area contributed by atoms with Gasteiger partial charge in [0.15, 0.2) is 0 Å². The van der Waals surface area contributed by atoms with Crippen LogP contribution in [-0.2, 0) is 4.79 Å². The van der Waals surface area contributed by atoms with Crippen molar-refractivity contribution in [2.75, 3.05) is 13.1 Å². The molecule has 0 atom stereocenters. The third-order valence-electron chi connectivity index (χ3n) is 4.26. The van der Waals surface area contributed by atoms with Crippen molar-refractivity contribution in [2.24, 2.45) is 11.7 Å². The van der Waals surface area contributed by atoms with Crippen molar-refractivity contribution in [3.63, 3.8) is 0 Å². The molecular weight excluding hydrogens is 296 g/mol. The molecule has 2 aromatic rings. The molecule has 2 amide bonds. The summed E-state index contributed by atoms with van der Waals surface area (Å²) in [5.41, 5.74) is 5.11. The maximum Gasteiger partial charge on any atom is 0.349 e. The molecule has 6 nitrogen and oxygen atoms in total. The van der Waals surface area contributed by atoms with Crippen LogP contribution >= 0.6 is 0 Å². The summed E-state index contributed by atoms with van der Waals surface area (Å²) in [4.78, 5) is 37.2. The molecule has 1 fully saturated rings. The molecule has 1 aliphatic rings. The van der Waals surface area contributed by atoms with Gasteiger partial charge >= 0.3 is 5.63 Å². The minimum Gasteiger partial charge on any atom is -0.422 e. The van der Waals surface area contributed by atoms with E-state index in [2.05, 4.69) is 0 Å². The lowest BCUT2D eigenvalue weighted by atomic mass is 9.93. The Morgan fingerprint density at radius 2 is 1.91 bits per heavy atom. The van der Waals surface area contributed by atoms with Gasteiger partial charge in [-0.3, -0.25) is 9.59 Å². The minimum atomic E-state index is -0.618. The van der Waals surface area contributed by atoms with Crippen molar-refractivity contribution < 1.29 is 14.0 Å². The molecule has 23 heavy (non-hydrogen) atoms. The molecule has 0 saturated carbocycles. The zero-order valence-corrected chi connectivity index (χ0v) is 12.7. The van der Waals surface area contributed by atoms with Crippen LogP contribution in [0.2, 0.25) is 0 Å². The fourth-order valence-electron chi connectivity index (χ4n) is 3.01. The lowest BCUT2D eigenvalue weighted by Gasteiger charge is -2.31. The van der Waals surface area contributed by atoms with E-state index >= 15 is 0 Å². The first-order chi connectivity index (χ1) is 11.0. The Kier molecular flexibility index (Phi) is 4.14. The topological polar surface area (TPSA) is 93.6 Å². The number of amides is 2. The minimum absolute atomic E-state index is 0.0528. The van der Waals surface area contributed by atoms with Crippen molar-refractivity contribution in [3.8, 4) is 0 Å². The third-order valence-corrected chi connectivity index (χ3v) is 4.26. The van der Waals surface area contributed by atoms with Gasteiger partial charge in [-0.25, -0.2) is 4.79 Å². The summed E-state index contributed by atoms with van der Waals surface area (Å²) >= 11 is 0. The predicted molar refractivity (Wildman–Crippen MR) is 84.9 cm³/mol. The van der Waals surface area contributed by atoms with Gasteiger partial charge in [0.25, 0.3) is 5.91 Å². The number of carbonyl (C=O) groups is 2. The Labute approximate surface area is 132 Å². The number of nitrogens with zero attached hydrogens (tertiary/aromatic N) is 1. The summed E-state index contributed by atoms with van der Waals surface area (Å²) < 4.78 is 5.21. The molecule has 3 rings (SSSR count). The second-order valence-electron chi connectivity index (χ2n) is 5.89. The van der Waals surface area contributed by atoms with Gasteiger partial charge in [-0.15, -0.1) is 0 Å². The first-order valence-corrected chi connectivity index (χ1v) is 7.65. The number of benzene rings is 1. The van der Waals surface area contributed by atoms with E-state index in [1.165, 1.54) is 0 Å². The second kappa shape index (κ2) is 6.24. The fraction of sp³-hybridized carbons (Fsp3) is 0.353. The Morgan fingerprint density at radius 1 is 1.22 bits per heavy atom. The highest BCUT2D eigenvalue weighted by atomic mass is 16.4. The molecule has 6 heteroatoms. The highest BCUT2D eigenvalue weighted by Gasteiger charge is 2.26. The van der Waals surface area contributed by atoms with Gasteiger partial charge in [0.2, 0.25) is 5.91 Å². The average Bonchev–Trinajstić information content (AvgIpc) is 2.54. The zero-order valence-electron chi connectivity index (χ0n) is 12.7. The van der Waals surface area contributed by atoms with Crippen LogP contribution in [-0.4, -0.2) is 29.8 Å². The molecule has 2 N–H and O–H groups in total. The summed E-state index contributed by atoms with van der Waals surface area (Å²) in [6.45, 7) is 1.03. The molecule has 120 valence electrons. The lowest BCUT2D eigenvalue weighted by molar-refractivity contribution is -0.119. The van der Waals surface area contributed by atoms with Gasteiger partial charge in [0, 0.05) is 24.9 Å². The van der Waals surface area contributed by atoms with Crippen molar-refractivity contribution in [1.82, 2.24) is 4.90 Å². The van der Waals surface area contributed by atoms with E-state index in [-0.39, 0.29) is 23.3 Å². The van der Waals surface area contributed by atoms with Crippen molar-refractivity contribution in [3.05, 3.63) is 46.3 Å². The number of hydrogen-bond donors (Lipinski definition) is 1. The molecule has 0 unspecified atom stereocenters. The van der Waals surface area contributed by atoms with E-state index in [4.69, 9.17) is 10.2 Å². The van der Waals surface area contributed by atoms with Gasteiger partial charge in [-0.1, -0.05) is 18.2 Å². The number of primary amides is 1. The summed E-state index contributed by atoms with van der Waals surface area (Å²) in [6, 6.07) is 8.68. The van der Waals surface area contributed by atoms with Crippen LogP contribution in [0.15, 0.2) is 39.5 Å². The maximum absolute atomic E-state index is 12.6. The van der Waals surface area contributed by atoms with Gasteiger partial charge in [-0.05, 0) is 30.9 Å². The van der Waals surface area contributed by atoms with Crippen molar-refractivity contribution >= 4 is 22.8 Å². The number of para-hydroxylation sites is 1. The largest absolute Gasteiger partial charge is 0.422 e. The van der Waals surface area contributed by atoms with E-state index in [0.717, 1.165) is 5.39 Å². The number of rotatable bonds is 3. The third kappa shape index (κ3) is 3.26. The van der Waals surface area contributed by atoms with Gasteiger partial charge < -0.3 is 15.1 Å².